The third-order valence-electron chi connectivity index (χ3n) is 2.62. The van der Waals surface area contributed by atoms with Gasteiger partial charge in [-0.15, -0.1) is 11.3 Å². The van der Waals surface area contributed by atoms with Crippen LogP contribution < -0.4 is 5.32 Å². The summed E-state index contributed by atoms with van der Waals surface area (Å²) in [4.78, 5) is 17.1. The minimum Gasteiger partial charge on any atom is -0.298 e. The molecule has 0 atom stereocenters. The zero-order valence-electron chi connectivity index (χ0n) is 10.4. The monoisotopic (exact) mass is 264 g/mol. The molecule has 0 bridgehead atoms. The number of thiazole rings is 1. The Kier molecular flexibility index (Phi) is 3.43. The van der Waals surface area contributed by atoms with Gasteiger partial charge >= 0.3 is 0 Å². The summed E-state index contributed by atoms with van der Waals surface area (Å²) in [6.45, 7) is 5.57. The lowest BCUT2D eigenvalue weighted by molar-refractivity contribution is 0.102. The van der Waals surface area contributed by atoms with Crippen LogP contribution in [-0.4, -0.2) is 10.9 Å². The number of benzene rings is 1. The van der Waals surface area contributed by atoms with Crippen molar-refractivity contribution >= 4 is 22.4 Å². The van der Waals surface area contributed by atoms with Gasteiger partial charge in [-0.1, -0.05) is 6.07 Å². The first kappa shape index (κ1) is 12.7. The topological polar surface area (TPSA) is 42.0 Å². The third-order valence-corrected chi connectivity index (χ3v) is 3.61. The van der Waals surface area contributed by atoms with E-state index in [9.17, 15) is 9.18 Å². The smallest absolute Gasteiger partial charge is 0.260 e. The van der Waals surface area contributed by atoms with Crippen molar-refractivity contribution in [1.29, 1.82) is 0 Å². The summed E-state index contributed by atoms with van der Waals surface area (Å²) in [7, 11) is 0. The van der Waals surface area contributed by atoms with Crippen LogP contribution in [0, 0.1) is 26.6 Å². The van der Waals surface area contributed by atoms with Gasteiger partial charge in [0.15, 0.2) is 5.13 Å². The second-order valence-electron chi connectivity index (χ2n) is 4.10. The van der Waals surface area contributed by atoms with Gasteiger partial charge in [-0.2, -0.15) is 0 Å². The van der Waals surface area contributed by atoms with Gasteiger partial charge in [0.25, 0.3) is 5.91 Å². The Hall–Kier alpha value is -1.75. The largest absolute Gasteiger partial charge is 0.298 e. The van der Waals surface area contributed by atoms with E-state index in [1.54, 1.807) is 13.0 Å². The van der Waals surface area contributed by atoms with Crippen molar-refractivity contribution in [1.82, 2.24) is 4.98 Å². The first-order valence-electron chi connectivity index (χ1n) is 5.49. The first-order valence-corrected chi connectivity index (χ1v) is 6.30. The summed E-state index contributed by atoms with van der Waals surface area (Å²) in [6.07, 6.45) is 0. The minimum absolute atomic E-state index is 0.0334. The Morgan fingerprint density at radius 1 is 1.33 bits per heavy atom. The van der Waals surface area contributed by atoms with Crippen molar-refractivity contribution in [2.45, 2.75) is 20.8 Å². The normalized spacial score (nSPS) is 10.4. The zero-order valence-corrected chi connectivity index (χ0v) is 11.2. The molecule has 0 fully saturated rings. The van der Waals surface area contributed by atoms with Gasteiger partial charge in [0.2, 0.25) is 0 Å². The summed E-state index contributed by atoms with van der Waals surface area (Å²) >= 11 is 1.38. The van der Waals surface area contributed by atoms with Crippen LogP contribution >= 0.6 is 11.3 Å². The molecule has 18 heavy (non-hydrogen) atoms. The quantitative estimate of drug-likeness (QED) is 0.902. The fourth-order valence-corrected chi connectivity index (χ4v) is 2.30. The molecule has 0 unspecified atom stereocenters. The maximum atomic E-state index is 13.6. The van der Waals surface area contributed by atoms with Gasteiger partial charge in [0.1, 0.15) is 5.82 Å². The van der Waals surface area contributed by atoms with Crippen molar-refractivity contribution in [2.24, 2.45) is 0 Å². The number of nitrogens with one attached hydrogen (secondary N) is 1. The van der Waals surface area contributed by atoms with Crippen LogP contribution in [0.5, 0.6) is 0 Å². The van der Waals surface area contributed by atoms with Crippen molar-refractivity contribution in [2.75, 3.05) is 5.32 Å². The third kappa shape index (κ3) is 2.56. The number of rotatable bonds is 2. The van der Waals surface area contributed by atoms with Gasteiger partial charge < -0.3 is 0 Å². The summed E-state index contributed by atoms with van der Waals surface area (Å²) in [5.74, 6) is -0.987. The molecule has 1 heterocycles. The number of nitrogens with zero attached hydrogens (tertiary/aromatic N) is 1. The second kappa shape index (κ2) is 4.86. The fourth-order valence-electron chi connectivity index (χ4n) is 1.49. The van der Waals surface area contributed by atoms with Crippen LogP contribution in [0.4, 0.5) is 9.52 Å². The molecule has 2 aromatic rings. The van der Waals surface area contributed by atoms with Crippen molar-refractivity contribution in [3.05, 3.63) is 45.7 Å². The van der Waals surface area contributed by atoms with E-state index in [0.29, 0.717) is 5.13 Å². The SMILES string of the molecule is Cc1ccc(C(=O)Nc2nc(C)c(C)s2)c(F)c1. The predicted molar refractivity (Wildman–Crippen MR) is 70.7 cm³/mol. The summed E-state index contributed by atoms with van der Waals surface area (Å²) < 4.78 is 13.6. The molecule has 0 aliphatic rings. The molecule has 5 heteroatoms. The lowest BCUT2D eigenvalue weighted by Gasteiger charge is -2.03. The molecular weight excluding hydrogens is 251 g/mol. The van der Waals surface area contributed by atoms with Gasteiger partial charge in [-0.3, -0.25) is 10.1 Å². The highest BCUT2D eigenvalue weighted by atomic mass is 32.1. The highest BCUT2D eigenvalue weighted by Gasteiger charge is 2.14. The molecule has 0 spiro atoms. The Bertz CT molecular complexity index is 588. The first-order chi connectivity index (χ1) is 8.47. The van der Waals surface area contributed by atoms with E-state index < -0.39 is 11.7 Å². The molecule has 94 valence electrons. The Morgan fingerprint density at radius 2 is 2.06 bits per heavy atom. The van der Waals surface area contributed by atoms with E-state index in [1.807, 2.05) is 13.8 Å². The second-order valence-corrected chi connectivity index (χ2v) is 5.30. The lowest BCUT2D eigenvalue weighted by Crippen LogP contribution is -2.13. The molecule has 0 radical (unpaired) electrons. The van der Waals surface area contributed by atoms with E-state index in [4.69, 9.17) is 0 Å². The average Bonchev–Trinajstić information content (AvgIpc) is 2.57. The molecule has 2 rings (SSSR count). The van der Waals surface area contributed by atoms with Gasteiger partial charge in [0, 0.05) is 4.88 Å². The van der Waals surface area contributed by atoms with Crippen LogP contribution in [0.15, 0.2) is 18.2 Å². The Labute approximate surface area is 109 Å². The molecule has 1 aromatic heterocycles. The fraction of sp³-hybridized carbons (Fsp3) is 0.231. The molecule has 1 amide bonds. The maximum absolute atomic E-state index is 13.6. The number of aromatic nitrogens is 1. The zero-order chi connectivity index (χ0) is 13.3. The Morgan fingerprint density at radius 3 is 2.61 bits per heavy atom. The van der Waals surface area contributed by atoms with E-state index >= 15 is 0 Å². The lowest BCUT2D eigenvalue weighted by atomic mass is 10.1. The van der Waals surface area contributed by atoms with E-state index in [-0.39, 0.29) is 5.56 Å². The predicted octanol–water partition coefficient (Wildman–Crippen LogP) is 3.46. The summed E-state index contributed by atoms with van der Waals surface area (Å²) in [5, 5.41) is 3.10. The maximum Gasteiger partial charge on any atom is 0.260 e. The van der Waals surface area contributed by atoms with E-state index in [2.05, 4.69) is 10.3 Å². The number of amides is 1. The van der Waals surface area contributed by atoms with Crippen LogP contribution in [0.3, 0.4) is 0 Å². The summed E-state index contributed by atoms with van der Waals surface area (Å²) in [6, 6.07) is 4.52. The average molecular weight is 264 g/mol. The van der Waals surface area contributed by atoms with E-state index in [0.717, 1.165) is 16.1 Å². The van der Waals surface area contributed by atoms with Gasteiger partial charge in [-0.25, -0.2) is 9.37 Å². The van der Waals surface area contributed by atoms with Crippen molar-refractivity contribution < 1.29 is 9.18 Å². The molecular formula is C13H13FN2OS. The van der Waals surface area contributed by atoms with E-state index in [1.165, 1.54) is 23.5 Å². The number of aryl methyl sites for hydroxylation is 3. The Balaban J connectivity index is 2.22. The van der Waals surface area contributed by atoms with Crippen molar-refractivity contribution in [3.8, 4) is 0 Å². The van der Waals surface area contributed by atoms with Crippen LogP contribution in [-0.2, 0) is 0 Å². The number of hydrogen-bond donors (Lipinski definition) is 1. The molecule has 0 saturated heterocycles. The molecule has 0 aliphatic carbocycles. The number of carbonyl (C=O) groups excluding carboxylic acids is 1. The van der Waals surface area contributed by atoms with Crippen LogP contribution in [0.2, 0.25) is 0 Å². The molecule has 0 saturated carbocycles. The number of hydrogen-bond acceptors (Lipinski definition) is 3. The van der Waals surface area contributed by atoms with Crippen LogP contribution in [0.25, 0.3) is 0 Å². The number of halogens is 1. The molecule has 3 nitrogen and oxygen atoms in total. The highest BCUT2D eigenvalue weighted by molar-refractivity contribution is 7.15. The van der Waals surface area contributed by atoms with Crippen LogP contribution in [0.1, 0.15) is 26.5 Å². The minimum atomic E-state index is -0.516. The summed E-state index contributed by atoms with van der Waals surface area (Å²) in [5.41, 5.74) is 1.69. The number of anilines is 1. The standard InChI is InChI=1S/C13H13FN2OS/c1-7-4-5-10(11(14)6-7)12(17)16-13-15-8(2)9(3)18-13/h4-6H,1-3H3,(H,15,16,17). The van der Waals surface area contributed by atoms with Gasteiger partial charge in [0.05, 0.1) is 11.3 Å². The van der Waals surface area contributed by atoms with Crippen molar-refractivity contribution in [3.63, 3.8) is 0 Å². The molecule has 0 aliphatic heterocycles. The number of carbonyl (C=O) groups is 1. The van der Waals surface area contributed by atoms with Gasteiger partial charge in [-0.05, 0) is 38.5 Å². The highest BCUT2D eigenvalue weighted by Crippen LogP contribution is 2.22. The molecule has 1 N–H and O–H groups in total. The molecule has 1 aromatic carbocycles.